The number of phenols is 2. The first-order chi connectivity index (χ1) is 37.6. The van der Waals surface area contributed by atoms with Crippen molar-refractivity contribution in [3.8, 4) is 45.6 Å². The number of esters is 2. The number of ether oxygens (including phenoxy) is 10. The number of hydrogen-bond acceptors (Lipinski definition) is 16. The van der Waals surface area contributed by atoms with E-state index in [1.807, 2.05) is 30.3 Å². The Balaban J connectivity index is 1.02. The van der Waals surface area contributed by atoms with Crippen LogP contribution in [0.2, 0.25) is 0 Å². The molecule has 17 heteroatoms. The van der Waals surface area contributed by atoms with Crippen LogP contribution in [-0.4, -0.2) is 64.4 Å². The van der Waals surface area contributed by atoms with Crippen LogP contribution < -0.4 is 18.9 Å². The number of benzene rings is 8. The predicted molar refractivity (Wildman–Crippen MR) is 270 cm³/mol. The highest BCUT2D eigenvalue weighted by Crippen LogP contribution is 2.62. The van der Waals surface area contributed by atoms with E-state index in [9.17, 15) is 20.3 Å². The molecule has 8 aromatic rings. The van der Waals surface area contributed by atoms with Crippen molar-refractivity contribution in [3.05, 3.63) is 243 Å². The zero-order valence-corrected chi connectivity index (χ0v) is 40.3. The monoisotopic (exact) mass is 1030 g/mol. The summed E-state index contributed by atoms with van der Waals surface area (Å²) in [6.07, 6.45) is -8.15. The van der Waals surface area contributed by atoms with E-state index >= 15 is 9.59 Å². The first kappa shape index (κ1) is 47.5. The van der Waals surface area contributed by atoms with Crippen molar-refractivity contribution < 1.29 is 72.1 Å². The third-order valence-corrected chi connectivity index (χ3v) is 14.2. The van der Waals surface area contributed by atoms with Gasteiger partial charge in [-0.1, -0.05) is 164 Å². The van der Waals surface area contributed by atoms with E-state index < -0.39 is 89.1 Å². The molecule has 0 aromatic heterocycles. The molecular formula is C60H43NO16. The Labute approximate surface area is 438 Å². The van der Waals surface area contributed by atoms with Gasteiger partial charge in [0.15, 0.2) is 47.8 Å². The lowest BCUT2D eigenvalue weighted by atomic mass is 9.90. The molecule has 5 heterocycles. The summed E-state index contributed by atoms with van der Waals surface area (Å²) in [5, 5.41) is 37.4. The molecule has 0 unspecified atom stereocenters. The summed E-state index contributed by atoms with van der Waals surface area (Å²) in [6.45, 7) is -0.559. The summed E-state index contributed by atoms with van der Waals surface area (Å²) in [5.74, 6) is -7.87. The number of carbonyl (C=O) groups is 2. The second-order valence-corrected chi connectivity index (χ2v) is 18.7. The smallest absolute Gasteiger partial charge is 0.339 e. The Morgan fingerprint density at radius 3 is 1.66 bits per heavy atom. The first-order valence-corrected chi connectivity index (χ1v) is 24.6. The molecule has 0 saturated carbocycles. The van der Waals surface area contributed by atoms with Gasteiger partial charge in [-0.25, -0.2) is 9.59 Å². The van der Waals surface area contributed by atoms with Crippen molar-refractivity contribution in [2.45, 2.75) is 55.2 Å². The summed E-state index contributed by atoms with van der Waals surface area (Å²) >= 11 is 0. The second kappa shape index (κ2) is 18.8. The maximum atomic E-state index is 15.7. The normalized spacial score (nSPS) is 22.2. The van der Waals surface area contributed by atoms with E-state index in [-0.39, 0.29) is 57.5 Å². The van der Waals surface area contributed by atoms with Gasteiger partial charge in [0.25, 0.3) is 5.69 Å². The van der Waals surface area contributed by atoms with Gasteiger partial charge in [-0.2, -0.15) is 0 Å². The zero-order chi connectivity index (χ0) is 52.4. The van der Waals surface area contributed by atoms with E-state index in [2.05, 4.69) is 0 Å². The number of carbonyl (C=O) groups excluding carboxylic acids is 2. The van der Waals surface area contributed by atoms with Crippen LogP contribution >= 0.6 is 0 Å². The summed E-state index contributed by atoms with van der Waals surface area (Å²) in [5.41, 5.74) is 1.17. The highest BCUT2D eigenvalue weighted by molar-refractivity contribution is 6.09. The van der Waals surface area contributed by atoms with Gasteiger partial charge >= 0.3 is 23.5 Å². The van der Waals surface area contributed by atoms with Crippen LogP contribution in [0.3, 0.4) is 0 Å². The highest BCUT2D eigenvalue weighted by atomic mass is 16.8. The fourth-order valence-electron chi connectivity index (χ4n) is 10.6. The summed E-state index contributed by atoms with van der Waals surface area (Å²) < 4.78 is 66.1. The van der Waals surface area contributed by atoms with E-state index in [4.69, 9.17) is 47.4 Å². The van der Waals surface area contributed by atoms with Crippen molar-refractivity contribution in [2.24, 2.45) is 0 Å². The molecule has 0 amide bonds. The number of para-hydroxylation sites is 1. The predicted octanol–water partition coefficient (Wildman–Crippen LogP) is 10.1. The quantitative estimate of drug-likeness (QED) is 0.0782. The molecule has 384 valence electrons. The third kappa shape index (κ3) is 7.94. The molecule has 0 aliphatic carbocycles. The minimum atomic E-state index is -1.82. The van der Waals surface area contributed by atoms with Crippen molar-refractivity contribution in [3.63, 3.8) is 0 Å². The van der Waals surface area contributed by atoms with E-state index in [1.165, 1.54) is 24.3 Å². The zero-order valence-electron chi connectivity index (χ0n) is 40.3. The third-order valence-electron chi connectivity index (χ3n) is 14.2. The molecule has 5 aliphatic rings. The van der Waals surface area contributed by atoms with Crippen LogP contribution in [0.1, 0.15) is 60.4 Å². The Hall–Kier alpha value is -9.26. The van der Waals surface area contributed by atoms with Crippen molar-refractivity contribution in [2.75, 3.05) is 6.61 Å². The van der Waals surface area contributed by atoms with Crippen LogP contribution in [0.25, 0.3) is 11.1 Å². The van der Waals surface area contributed by atoms with Crippen molar-refractivity contribution >= 4 is 17.6 Å². The summed E-state index contributed by atoms with van der Waals surface area (Å²) in [4.78, 5) is 42.9. The maximum Gasteiger partial charge on any atom is 0.339 e. The van der Waals surface area contributed by atoms with Crippen LogP contribution in [0, 0.1) is 10.1 Å². The van der Waals surface area contributed by atoms with Gasteiger partial charge in [-0.05, 0) is 18.2 Å². The fourth-order valence-corrected chi connectivity index (χ4v) is 10.6. The standard InChI is InChI=1S/C60H43NO16/c62-43-30-40-47(52-49(43)75-60(77-52,38-25-12-4-13-26-38)39-27-14-5-15-28-39)46-41(31-44-50(48(46)63)76-59(74-44,36-21-8-2-9-22-36)37-23-10-3-11-24-37)56(65)72-54-53(71-55(40)64)51-45(33-69-57(73-51)34-18-6-1-7-19-34)70-58(54)68-32-35-20-16-17-29-42(35)61(66)67/h1-31,45,51,53-54,57-58,62-63H,32-33H2/t45-,51-,53+,54-,57-,58-/m1/s1. The van der Waals surface area contributed by atoms with E-state index in [0.29, 0.717) is 27.8 Å². The number of fused-ring (bicyclic) bond motifs is 9. The summed E-state index contributed by atoms with van der Waals surface area (Å²) in [6, 6.07) is 53.2. The molecular weight excluding hydrogens is 991 g/mol. The number of rotatable bonds is 9. The minimum Gasteiger partial charge on any atom is -0.504 e. The number of hydrogen-bond donors (Lipinski definition) is 2. The Morgan fingerprint density at radius 1 is 0.558 bits per heavy atom. The average Bonchev–Trinajstić information content (AvgIpc) is 4.17. The number of nitrogens with zero attached hydrogens (tertiary/aromatic N) is 1. The minimum absolute atomic E-state index is 0.0956. The maximum absolute atomic E-state index is 15.7. The molecule has 6 atom stereocenters. The number of phenolic OH excluding ortho intramolecular Hbond substituents is 2. The molecule has 8 aromatic carbocycles. The summed E-state index contributed by atoms with van der Waals surface area (Å²) in [7, 11) is 0. The van der Waals surface area contributed by atoms with Crippen LogP contribution in [-0.2, 0) is 46.6 Å². The van der Waals surface area contributed by atoms with Crippen molar-refractivity contribution in [1.82, 2.24) is 0 Å². The van der Waals surface area contributed by atoms with Crippen LogP contribution in [0.5, 0.6) is 34.5 Å². The lowest BCUT2D eigenvalue weighted by Gasteiger charge is -2.48. The van der Waals surface area contributed by atoms with Gasteiger partial charge in [0.2, 0.25) is 11.5 Å². The lowest BCUT2D eigenvalue weighted by Crippen LogP contribution is -2.64. The van der Waals surface area contributed by atoms with Gasteiger partial charge in [0.05, 0.1) is 34.8 Å². The molecule has 2 fully saturated rings. The fraction of sp³-hybridized carbons (Fsp3) is 0.167. The first-order valence-electron chi connectivity index (χ1n) is 24.6. The molecule has 13 rings (SSSR count). The number of nitro groups is 1. The Kier molecular flexibility index (Phi) is 11.6. The van der Waals surface area contributed by atoms with Crippen molar-refractivity contribution in [1.29, 1.82) is 0 Å². The Bertz CT molecular complexity index is 3510. The lowest BCUT2D eigenvalue weighted by molar-refractivity contribution is -0.387. The van der Waals surface area contributed by atoms with Gasteiger partial charge in [0.1, 0.15) is 12.2 Å². The SMILES string of the molecule is O=C1O[C@H]2[C@H](OCc3ccccc3[N+](=O)[O-])O[C@@H]3CO[C@@H](c4ccccc4)O[C@H]3[C@@H]2OC(=O)c2cc(O)c3c(c2-c2c1cc1c(c2O)OC(c2ccccc2)(c2ccccc2)O1)OC(c1ccccc1)(c1ccccc1)O3. The largest absolute Gasteiger partial charge is 0.504 e. The van der Waals surface area contributed by atoms with Gasteiger partial charge in [-0.3, -0.25) is 10.1 Å². The van der Waals surface area contributed by atoms with Gasteiger partial charge in [0, 0.05) is 45.0 Å². The molecule has 2 saturated heterocycles. The Morgan fingerprint density at radius 2 is 1.06 bits per heavy atom. The number of aromatic hydroxyl groups is 2. The van der Waals surface area contributed by atoms with Crippen LogP contribution in [0.15, 0.2) is 188 Å². The molecule has 0 radical (unpaired) electrons. The molecule has 0 spiro atoms. The molecule has 77 heavy (non-hydrogen) atoms. The number of nitro benzene ring substituents is 1. The topological polar surface area (TPSA) is 210 Å². The average molecular weight is 1030 g/mol. The van der Waals surface area contributed by atoms with Gasteiger partial charge in [-0.15, -0.1) is 0 Å². The van der Waals surface area contributed by atoms with Crippen LogP contribution in [0.4, 0.5) is 5.69 Å². The molecule has 0 bridgehead atoms. The molecule has 17 nitrogen and oxygen atoms in total. The van der Waals surface area contributed by atoms with Gasteiger partial charge < -0.3 is 57.6 Å². The highest BCUT2D eigenvalue weighted by Gasteiger charge is 2.57. The molecule has 5 aliphatic heterocycles. The molecule has 2 N–H and O–H groups in total. The van der Waals surface area contributed by atoms with E-state index in [1.54, 1.807) is 127 Å². The van der Waals surface area contributed by atoms with E-state index in [0.717, 1.165) is 6.07 Å². The second-order valence-electron chi connectivity index (χ2n) is 18.7.